The number of carbonyl (C=O) groups is 2. The molecular formula is C22H25Cl2FN2O2. The SMILES string of the molecule is CCC(C)NC(=O)C(C)N(Cc1c(Cl)cccc1Cl)C(=O)Cc1ccc(F)cc1. The number of hydrogen-bond donors (Lipinski definition) is 1. The smallest absolute Gasteiger partial charge is 0.242 e. The van der Waals surface area contributed by atoms with Gasteiger partial charge in [0.1, 0.15) is 11.9 Å². The Bertz CT molecular complexity index is 838. The summed E-state index contributed by atoms with van der Waals surface area (Å²) < 4.78 is 13.2. The lowest BCUT2D eigenvalue weighted by Gasteiger charge is -2.30. The summed E-state index contributed by atoms with van der Waals surface area (Å²) in [5.74, 6) is -0.906. The predicted octanol–water partition coefficient (Wildman–Crippen LogP) is 5.01. The standard InChI is InChI=1S/C22H25Cl2FN2O2/c1-4-14(2)26-22(29)15(3)27(13-18-19(23)6-5-7-20(18)24)21(28)12-16-8-10-17(25)11-9-16/h5-11,14-15H,4,12-13H2,1-3H3,(H,26,29). The summed E-state index contributed by atoms with van der Waals surface area (Å²) in [6.45, 7) is 5.63. The van der Waals surface area contributed by atoms with Gasteiger partial charge in [-0.25, -0.2) is 4.39 Å². The van der Waals surface area contributed by atoms with Crippen LogP contribution < -0.4 is 5.32 Å². The van der Waals surface area contributed by atoms with E-state index in [1.165, 1.54) is 17.0 Å². The fourth-order valence-electron chi connectivity index (χ4n) is 2.78. The largest absolute Gasteiger partial charge is 0.352 e. The topological polar surface area (TPSA) is 49.4 Å². The molecule has 1 N–H and O–H groups in total. The van der Waals surface area contributed by atoms with Crippen LogP contribution in [0, 0.1) is 5.82 Å². The average molecular weight is 439 g/mol. The van der Waals surface area contributed by atoms with E-state index in [2.05, 4.69) is 5.32 Å². The highest BCUT2D eigenvalue weighted by Crippen LogP contribution is 2.27. The Morgan fingerprint density at radius 2 is 1.66 bits per heavy atom. The van der Waals surface area contributed by atoms with Crippen molar-refractivity contribution in [1.29, 1.82) is 0 Å². The molecule has 0 fully saturated rings. The summed E-state index contributed by atoms with van der Waals surface area (Å²) in [6, 6.07) is 10.1. The van der Waals surface area contributed by atoms with Crippen LogP contribution in [0.3, 0.4) is 0 Å². The van der Waals surface area contributed by atoms with E-state index in [9.17, 15) is 14.0 Å². The fraction of sp³-hybridized carbons (Fsp3) is 0.364. The average Bonchev–Trinajstić information content (AvgIpc) is 2.68. The number of nitrogens with zero attached hydrogens (tertiary/aromatic N) is 1. The normalized spacial score (nSPS) is 12.9. The number of benzene rings is 2. The van der Waals surface area contributed by atoms with Crippen LogP contribution in [-0.4, -0.2) is 28.8 Å². The predicted molar refractivity (Wildman–Crippen MR) is 114 cm³/mol. The molecule has 0 spiro atoms. The van der Waals surface area contributed by atoms with Gasteiger partial charge >= 0.3 is 0 Å². The molecule has 2 aromatic carbocycles. The van der Waals surface area contributed by atoms with Crippen LogP contribution in [0.1, 0.15) is 38.3 Å². The van der Waals surface area contributed by atoms with Crippen molar-refractivity contribution >= 4 is 35.0 Å². The zero-order valence-electron chi connectivity index (χ0n) is 16.7. The Kier molecular flexibility index (Phi) is 8.47. The Balaban J connectivity index is 2.29. The van der Waals surface area contributed by atoms with E-state index < -0.39 is 6.04 Å². The monoisotopic (exact) mass is 438 g/mol. The van der Waals surface area contributed by atoms with Crippen LogP contribution in [-0.2, 0) is 22.6 Å². The van der Waals surface area contributed by atoms with E-state index in [0.717, 1.165) is 6.42 Å². The molecule has 2 aromatic rings. The molecule has 0 saturated carbocycles. The summed E-state index contributed by atoms with van der Waals surface area (Å²) in [6.07, 6.45) is 0.807. The molecular weight excluding hydrogens is 414 g/mol. The quantitative estimate of drug-likeness (QED) is 0.629. The molecule has 2 rings (SSSR count). The molecule has 156 valence electrons. The third-order valence-electron chi connectivity index (χ3n) is 4.83. The highest BCUT2D eigenvalue weighted by Gasteiger charge is 2.28. The van der Waals surface area contributed by atoms with Gasteiger partial charge in [0.2, 0.25) is 11.8 Å². The Labute approximate surface area is 181 Å². The highest BCUT2D eigenvalue weighted by atomic mass is 35.5. The van der Waals surface area contributed by atoms with Crippen LogP contribution in [0.4, 0.5) is 4.39 Å². The Morgan fingerprint density at radius 3 is 2.21 bits per heavy atom. The van der Waals surface area contributed by atoms with E-state index in [1.807, 2.05) is 13.8 Å². The van der Waals surface area contributed by atoms with Crippen LogP contribution in [0.2, 0.25) is 10.0 Å². The van der Waals surface area contributed by atoms with Crippen LogP contribution in [0.5, 0.6) is 0 Å². The van der Waals surface area contributed by atoms with Gasteiger partial charge in [-0.1, -0.05) is 48.3 Å². The van der Waals surface area contributed by atoms with Crippen molar-refractivity contribution in [3.63, 3.8) is 0 Å². The summed E-state index contributed by atoms with van der Waals surface area (Å²) in [5, 5.41) is 3.75. The van der Waals surface area contributed by atoms with Gasteiger partial charge in [-0.2, -0.15) is 0 Å². The minimum atomic E-state index is -0.732. The molecule has 0 heterocycles. The number of nitrogens with one attached hydrogen (secondary N) is 1. The second-order valence-corrected chi connectivity index (χ2v) is 7.83. The van der Waals surface area contributed by atoms with Crippen molar-refractivity contribution in [1.82, 2.24) is 10.2 Å². The molecule has 0 aliphatic heterocycles. The Hall–Kier alpha value is -2.11. The van der Waals surface area contributed by atoms with Crippen molar-refractivity contribution in [2.75, 3.05) is 0 Å². The summed E-state index contributed by atoms with van der Waals surface area (Å²) in [4.78, 5) is 27.2. The fourth-order valence-corrected chi connectivity index (χ4v) is 3.30. The highest BCUT2D eigenvalue weighted by molar-refractivity contribution is 6.36. The maximum atomic E-state index is 13.2. The summed E-state index contributed by atoms with van der Waals surface area (Å²) in [7, 11) is 0. The molecule has 2 unspecified atom stereocenters. The molecule has 2 atom stereocenters. The molecule has 4 nitrogen and oxygen atoms in total. The number of carbonyl (C=O) groups excluding carboxylic acids is 2. The maximum Gasteiger partial charge on any atom is 0.242 e. The van der Waals surface area contributed by atoms with Gasteiger partial charge in [0.15, 0.2) is 0 Å². The van der Waals surface area contributed by atoms with E-state index in [0.29, 0.717) is 21.2 Å². The van der Waals surface area contributed by atoms with Gasteiger partial charge in [0.05, 0.1) is 6.42 Å². The summed E-state index contributed by atoms with van der Waals surface area (Å²) in [5.41, 5.74) is 1.23. The first-order chi connectivity index (χ1) is 13.7. The van der Waals surface area contributed by atoms with Crippen LogP contribution >= 0.6 is 23.2 Å². The lowest BCUT2D eigenvalue weighted by Crippen LogP contribution is -2.50. The molecule has 2 amide bonds. The third kappa shape index (κ3) is 6.44. The number of amides is 2. The second kappa shape index (κ2) is 10.6. The van der Waals surface area contributed by atoms with Gasteiger partial charge in [-0.15, -0.1) is 0 Å². The summed E-state index contributed by atoms with van der Waals surface area (Å²) >= 11 is 12.6. The van der Waals surface area contributed by atoms with Crippen molar-refractivity contribution < 1.29 is 14.0 Å². The number of halogens is 3. The maximum absolute atomic E-state index is 13.2. The first-order valence-electron chi connectivity index (χ1n) is 9.50. The van der Waals surface area contributed by atoms with Crippen molar-refractivity contribution in [2.45, 2.75) is 52.2 Å². The van der Waals surface area contributed by atoms with Crippen LogP contribution in [0.25, 0.3) is 0 Å². The Morgan fingerprint density at radius 1 is 1.07 bits per heavy atom. The van der Waals surface area contributed by atoms with Crippen molar-refractivity contribution in [2.24, 2.45) is 0 Å². The molecule has 7 heteroatoms. The second-order valence-electron chi connectivity index (χ2n) is 7.02. The molecule has 0 radical (unpaired) electrons. The lowest BCUT2D eigenvalue weighted by molar-refractivity contribution is -0.140. The first-order valence-corrected chi connectivity index (χ1v) is 10.3. The van der Waals surface area contributed by atoms with E-state index in [1.54, 1.807) is 37.3 Å². The molecule has 0 bridgehead atoms. The van der Waals surface area contributed by atoms with Crippen LogP contribution in [0.15, 0.2) is 42.5 Å². The van der Waals surface area contributed by atoms with Gasteiger partial charge in [0.25, 0.3) is 0 Å². The van der Waals surface area contributed by atoms with E-state index in [-0.39, 0.29) is 36.6 Å². The van der Waals surface area contributed by atoms with Crippen molar-refractivity contribution in [3.05, 3.63) is 69.5 Å². The number of rotatable bonds is 8. The zero-order valence-corrected chi connectivity index (χ0v) is 18.2. The van der Waals surface area contributed by atoms with Crippen molar-refractivity contribution in [3.8, 4) is 0 Å². The molecule has 29 heavy (non-hydrogen) atoms. The molecule has 0 saturated heterocycles. The van der Waals surface area contributed by atoms with Gasteiger partial charge in [-0.05, 0) is 50.1 Å². The van der Waals surface area contributed by atoms with Gasteiger partial charge in [0, 0.05) is 28.2 Å². The van der Waals surface area contributed by atoms with Gasteiger partial charge in [-0.3, -0.25) is 9.59 Å². The minimum absolute atomic E-state index is 0.0112. The molecule has 0 aliphatic rings. The molecule has 0 aromatic heterocycles. The van der Waals surface area contributed by atoms with Gasteiger partial charge < -0.3 is 10.2 Å². The van der Waals surface area contributed by atoms with E-state index >= 15 is 0 Å². The zero-order chi connectivity index (χ0) is 21.6. The van der Waals surface area contributed by atoms with E-state index in [4.69, 9.17) is 23.2 Å². The lowest BCUT2D eigenvalue weighted by atomic mass is 10.1. The molecule has 0 aliphatic carbocycles. The number of hydrogen-bond acceptors (Lipinski definition) is 2. The first kappa shape index (κ1) is 23.2. The third-order valence-corrected chi connectivity index (χ3v) is 5.54. The minimum Gasteiger partial charge on any atom is -0.352 e.